The number of nitrogens with one attached hydrogen (secondary N) is 1. The number of hydrogen-bond acceptors (Lipinski definition) is 7. The van der Waals surface area contributed by atoms with E-state index < -0.39 is 74.0 Å². The predicted molar refractivity (Wildman–Crippen MR) is 203 cm³/mol. The quantitative estimate of drug-likeness (QED) is 0.198. The molecule has 0 aromatic heterocycles. The van der Waals surface area contributed by atoms with E-state index in [1.165, 1.54) is 33.7 Å². The lowest BCUT2D eigenvalue weighted by molar-refractivity contribution is -0.162. The fourth-order valence-electron chi connectivity index (χ4n) is 6.11. The van der Waals surface area contributed by atoms with Crippen molar-refractivity contribution in [2.75, 3.05) is 33.8 Å². The first-order chi connectivity index (χ1) is 24.2. The molecule has 0 aliphatic carbocycles. The third-order valence-corrected chi connectivity index (χ3v) is 11.7. The van der Waals surface area contributed by atoms with E-state index in [1.807, 2.05) is 58.0 Å². The number of carbonyl (C=O) groups is 6. The number of likely N-dealkylation sites (N-methyl/N-ethyl adjacent to an activating group) is 3. The molecule has 1 heterocycles. The number of nitrogens with zero attached hydrogens (tertiary/aromatic N) is 4. The molecule has 2 rings (SSSR count). The number of ether oxygens (including phenoxy) is 1. The first kappa shape index (κ1) is 44.2. The summed E-state index contributed by atoms with van der Waals surface area (Å²) in [4.78, 5) is 86.0. The normalized spacial score (nSPS) is 17.2. The van der Waals surface area contributed by atoms with Crippen molar-refractivity contribution in [2.45, 2.75) is 123 Å². The maximum Gasteiger partial charge on any atom is 0.410 e. The molecule has 0 saturated carbocycles. The van der Waals surface area contributed by atoms with Crippen LogP contribution in [0.5, 0.6) is 0 Å². The number of carbonyl (C=O) groups excluding carboxylic acids is 5. The fourth-order valence-corrected chi connectivity index (χ4v) is 6.82. The number of rotatable bonds is 19. The Balaban J connectivity index is 2.21. The molecule has 0 spiro atoms. The molecule has 14 heteroatoms. The van der Waals surface area contributed by atoms with E-state index in [9.17, 15) is 33.9 Å². The van der Waals surface area contributed by atoms with Gasteiger partial charge >= 0.3 is 12.1 Å². The van der Waals surface area contributed by atoms with Crippen LogP contribution in [0, 0.1) is 11.8 Å². The average Bonchev–Trinajstić information content (AvgIpc) is 3.06. The van der Waals surface area contributed by atoms with Gasteiger partial charge in [-0.1, -0.05) is 84.1 Å². The van der Waals surface area contributed by atoms with E-state index in [4.69, 9.17) is 4.74 Å². The summed E-state index contributed by atoms with van der Waals surface area (Å²) in [5, 5.41) is 13.0. The Hall–Kier alpha value is -3.94. The predicted octanol–water partition coefficient (Wildman–Crippen LogP) is 4.33. The molecule has 1 aromatic carbocycles. The second-order valence-electron chi connectivity index (χ2n) is 15.7. The van der Waals surface area contributed by atoms with Gasteiger partial charge in [-0.3, -0.25) is 24.1 Å². The molecular formula is C38H63N5O8Si. The summed E-state index contributed by atoms with van der Waals surface area (Å²) in [7, 11) is 1.58. The average molecular weight is 746 g/mol. The van der Waals surface area contributed by atoms with E-state index in [0.29, 0.717) is 25.8 Å². The summed E-state index contributed by atoms with van der Waals surface area (Å²) in [6.07, 6.45) is 0.807. The number of benzene rings is 1. The Morgan fingerprint density at radius 3 is 2.06 bits per heavy atom. The van der Waals surface area contributed by atoms with Gasteiger partial charge in [0, 0.05) is 41.7 Å². The van der Waals surface area contributed by atoms with Gasteiger partial charge in [0.1, 0.15) is 30.2 Å². The first-order valence-electron chi connectivity index (χ1n) is 18.6. The largest absolute Gasteiger partial charge is 0.480 e. The second kappa shape index (κ2) is 19.8. The standard InChI is InChI=1S/C38H63N5O8Si/c1-12-26(5)32(39-33(44)30(23-25(3)4)41(8)38(50)51-21-22-52(9,10)11)36(47)40(7)27(6)34(45)43-20-19-29(43)35(46)42(13-2)31(37(48)49)24-28-17-15-14-16-18-28/h14-18,25-27,29-32H,12-13,19-24H2,1-11H3,(H,39,44)(H,48,49)/t26-,27-,29-,30-,31-,32-/m0/s1. The first-order valence-corrected chi connectivity index (χ1v) is 22.3. The van der Waals surface area contributed by atoms with Gasteiger partial charge in [0.2, 0.25) is 23.6 Å². The van der Waals surface area contributed by atoms with Crippen molar-refractivity contribution >= 4 is 43.8 Å². The molecule has 13 nitrogen and oxygen atoms in total. The van der Waals surface area contributed by atoms with E-state index in [0.717, 1.165) is 11.6 Å². The minimum absolute atomic E-state index is 0.0611. The number of hydrogen-bond donors (Lipinski definition) is 2. The van der Waals surface area contributed by atoms with E-state index in [-0.39, 0.29) is 31.4 Å². The van der Waals surface area contributed by atoms with Crippen LogP contribution in [0.1, 0.15) is 66.4 Å². The smallest absolute Gasteiger partial charge is 0.410 e. The SMILES string of the molecule is CC[C@H](C)[C@H](NC(=O)[C@H](CC(C)C)N(C)C(=O)OCC[Si](C)(C)C)C(=O)N(C)[C@@H](C)C(=O)N1CC[C@H]1C(=O)N(CC)[C@@H](Cc1ccccc1)C(=O)O. The molecule has 5 amide bonds. The van der Waals surface area contributed by atoms with Crippen LogP contribution in [-0.4, -0.2) is 132 Å². The highest BCUT2D eigenvalue weighted by atomic mass is 28.3. The van der Waals surface area contributed by atoms with Crippen molar-refractivity contribution in [3.05, 3.63) is 35.9 Å². The highest BCUT2D eigenvalue weighted by Gasteiger charge is 2.45. The number of carboxylic acids is 1. The summed E-state index contributed by atoms with van der Waals surface area (Å²) in [5.74, 6) is -3.22. The molecule has 2 N–H and O–H groups in total. The van der Waals surface area contributed by atoms with Crippen LogP contribution in [0.15, 0.2) is 30.3 Å². The number of likely N-dealkylation sites (tertiary alicyclic amines) is 1. The molecule has 1 aliphatic heterocycles. The zero-order valence-corrected chi connectivity index (χ0v) is 34.2. The van der Waals surface area contributed by atoms with E-state index in [2.05, 4.69) is 25.0 Å². The summed E-state index contributed by atoms with van der Waals surface area (Å²) in [6, 6.07) is 5.07. The molecule has 52 heavy (non-hydrogen) atoms. The zero-order valence-electron chi connectivity index (χ0n) is 33.2. The molecule has 0 radical (unpaired) electrons. The summed E-state index contributed by atoms with van der Waals surface area (Å²) >= 11 is 0. The minimum Gasteiger partial charge on any atom is -0.480 e. The molecule has 0 bridgehead atoms. The monoisotopic (exact) mass is 745 g/mol. The van der Waals surface area contributed by atoms with Gasteiger partial charge in [-0.2, -0.15) is 0 Å². The van der Waals surface area contributed by atoms with Crippen LogP contribution in [0.25, 0.3) is 0 Å². The Kier molecular flexibility index (Phi) is 16.8. The van der Waals surface area contributed by atoms with Crippen molar-refractivity contribution in [2.24, 2.45) is 11.8 Å². The van der Waals surface area contributed by atoms with Crippen LogP contribution in [-0.2, 0) is 35.1 Å². The molecule has 1 saturated heterocycles. The lowest BCUT2D eigenvalue weighted by atomic mass is 9.95. The van der Waals surface area contributed by atoms with Crippen molar-refractivity contribution in [3.8, 4) is 0 Å². The number of carboxylic acid groups (broad SMARTS) is 1. The van der Waals surface area contributed by atoms with Crippen LogP contribution in [0.2, 0.25) is 25.7 Å². The van der Waals surface area contributed by atoms with E-state index >= 15 is 0 Å². The molecular weight excluding hydrogens is 683 g/mol. The molecule has 1 aliphatic rings. The molecule has 1 fully saturated rings. The molecule has 292 valence electrons. The van der Waals surface area contributed by atoms with E-state index in [1.54, 1.807) is 13.8 Å². The Morgan fingerprint density at radius 1 is 0.962 bits per heavy atom. The lowest BCUT2D eigenvalue weighted by Crippen LogP contribution is -2.65. The summed E-state index contributed by atoms with van der Waals surface area (Å²) < 4.78 is 5.52. The number of amides is 5. The minimum atomic E-state index is -1.44. The second-order valence-corrected chi connectivity index (χ2v) is 21.3. The van der Waals surface area contributed by atoms with Crippen molar-refractivity contribution < 1.29 is 38.6 Å². The van der Waals surface area contributed by atoms with Gasteiger partial charge in [-0.25, -0.2) is 9.59 Å². The highest BCUT2D eigenvalue weighted by Crippen LogP contribution is 2.25. The maximum absolute atomic E-state index is 14.0. The van der Waals surface area contributed by atoms with Crippen LogP contribution < -0.4 is 5.32 Å². The topological polar surface area (TPSA) is 157 Å². The van der Waals surface area contributed by atoms with Crippen LogP contribution in [0.3, 0.4) is 0 Å². The van der Waals surface area contributed by atoms with Gasteiger partial charge in [0.25, 0.3) is 0 Å². The van der Waals surface area contributed by atoms with Gasteiger partial charge in [0.15, 0.2) is 0 Å². The fraction of sp³-hybridized carbons (Fsp3) is 0.684. The van der Waals surface area contributed by atoms with Gasteiger partial charge in [-0.15, -0.1) is 0 Å². The summed E-state index contributed by atoms with van der Waals surface area (Å²) in [5.41, 5.74) is 0.777. The Morgan fingerprint density at radius 2 is 1.58 bits per heavy atom. The van der Waals surface area contributed by atoms with Crippen LogP contribution >= 0.6 is 0 Å². The third-order valence-electron chi connectivity index (χ3n) is 10.0. The maximum atomic E-state index is 14.0. The molecule has 1 aromatic rings. The summed E-state index contributed by atoms with van der Waals surface area (Å²) in [6.45, 7) is 18.2. The van der Waals surface area contributed by atoms with Crippen molar-refractivity contribution in [1.29, 1.82) is 0 Å². The zero-order chi connectivity index (χ0) is 39.5. The van der Waals surface area contributed by atoms with Crippen molar-refractivity contribution in [1.82, 2.24) is 24.9 Å². The molecule has 0 unspecified atom stereocenters. The third kappa shape index (κ3) is 12.1. The van der Waals surface area contributed by atoms with Gasteiger partial charge < -0.3 is 29.9 Å². The molecule has 6 atom stereocenters. The highest BCUT2D eigenvalue weighted by molar-refractivity contribution is 6.76. The number of aliphatic carboxylic acids is 1. The van der Waals surface area contributed by atoms with Gasteiger partial charge in [0.05, 0.1) is 6.61 Å². The lowest BCUT2D eigenvalue weighted by Gasteiger charge is -2.45. The van der Waals surface area contributed by atoms with Gasteiger partial charge in [-0.05, 0) is 50.1 Å². The van der Waals surface area contributed by atoms with Crippen LogP contribution in [0.4, 0.5) is 4.79 Å². The van der Waals surface area contributed by atoms with Crippen molar-refractivity contribution in [3.63, 3.8) is 0 Å². The Labute approximate surface area is 311 Å². The Bertz CT molecular complexity index is 1390.